The van der Waals surface area contributed by atoms with Gasteiger partial charge in [-0.2, -0.15) is 0 Å². The summed E-state index contributed by atoms with van der Waals surface area (Å²) in [5, 5.41) is 13.0. The lowest BCUT2D eigenvalue weighted by molar-refractivity contribution is 0.0771. The molecule has 0 heterocycles. The van der Waals surface area contributed by atoms with E-state index in [0.29, 0.717) is 5.56 Å². The maximum Gasteiger partial charge on any atom is 0.251 e. The molecule has 0 aliphatic heterocycles. The molecule has 0 saturated heterocycles. The standard InChI is InChI=1S/C15H21NO2/c17-14-11-7-2-1-6-10-13(14)16-15(18)12-8-4-3-5-9-12/h3-5,8-9,13-14,17H,1-2,6-7,10-11H2,(H,16,18)/t13-,14-/m0/s1. The van der Waals surface area contributed by atoms with Crippen LogP contribution in [-0.4, -0.2) is 23.2 Å². The smallest absolute Gasteiger partial charge is 0.251 e. The van der Waals surface area contributed by atoms with Crippen molar-refractivity contribution < 1.29 is 9.90 Å². The third-order valence-electron chi connectivity index (χ3n) is 3.58. The summed E-state index contributed by atoms with van der Waals surface area (Å²) in [7, 11) is 0. The van der Waals surface area contributed by atoms with Crippen molar-refractivity contribution in [2.75, 3.05) is 0 Å². The summed E-state index contributed by atoms with van der Waals surface area (Å²) in [5.74, 6) is -0.0831. The predicted octanol–water partition coefficient (Wildman–Crippen LogP) is 2.50. The normalized spacial score (nSPS) is 24.9. The third-order valence-corrected chi connectivity index (χ3v) is 3.58. The molecule has 18 heavy (non-hydrogen) atoms. The summed E-state index contributed by atoms with van der Waals surface area (Å²) in [6, 6.07) is 9.09. The molecule has 2 atom stereocenters. The molecule has 2 rings (SSSR count). The number of hydrogen-bond donors (Lipinski definition) is 2. The van der Waals surface area contributed by atoms with E-state index in [0.717, 1.165) is 25.7 Å². The predicted molar refractivity (Wildman–Crippen MR) is 71.4 cm³/mol. The molecule has 0 bridgehead atoms. The Morgan fingerprint density at radius 3 is 2.44 bits per heavy atom. The zero-order chi connectivity index (χ0) is 12.8. The van der Waals surface area contributed by atoms with Gasteiger partial charge in [-0.1, -0.05) is 43.9 Å². The van der Waals surface area contributed by atoms with E-state index < -0.39 is 6.10 Å². The lowest BCUT2D eigenvalue weighted by atomic mass is 9.94. The largest absolute Gasteiger partial charge is 0.391 e. The van der Waals surface area contributed by atoms with Crippen LogP contribution >= 0.6 is 0 Å². The number of carbonyl (C=O) groups excluding carboxylic acids is 1. The van der Waals surface area contributed by atoms with Crippen LogP contribution in [0.1, 0.15) is 48.9 Å². The number of benzene rings is 1. The first kappa shape index (κ1) is 13.1. The fourth-order valence-electron chi connectivity index (χ4n) is 2.47. The third kappa shape index (κ3) is 3.57. The Morgan fingerprint density at radius 2 is 1.72 bits per heavy atom. The maximum atomic E-state index is 12.0. The zero-order valence-electron chi connectivity index (χ0n) is 10.6. The molecule has 98 valence electrons. The van der Waals surface area contributed by atoms with Crippen LogP contribution in [0.2, 0.25) is 0 Å². The van der Waals surface area contributed by atoms with E-state index in [2.05, 4.69) is 5.32 Å². The quantitative estimate of drug-likeness (QED) is 0.843. The first-order valence-corrected chi connectivity index (χ1v) is 6.81. The molecular formula is C15H21NO2. The first-order valence-electron chi connectivity index (χ1n) is 6.81. The monoisotopic (exact) mass is 247 g/mol. The van der Waals surface area contributed by atoms with Gasteiger partial charge in [0.25, 0.3) is 5.91 Å². The van der Waals surface area contributed by atoms with Gasteiger partial charge in [0.1, 0.15) is 0 Å². The van der Waals surface area contributed by atoms with Crippen molar-refractivity contribution in [1.29, 1.82) is 0 Å². The molecular weight excluding hydrogens is 226 g/mol. The lowest BCUT2D eigenvalue weighted by Gasteiger charge is -2.26. The minimum Gasteiger partial charge on any atom is -0.391 e. The Labute approximate surface area is 108 Å². The van der Waals surface area contributed by atoms with Crippen LogP contribution in [0, 0.1) is 0 Å². The Hall–Kier alpha value is -1.35. The minimum absolute atomic E-state index is 0.0831. The number of rotatable bonds is 2. The zero-order valence-corrected chi connectivity index (χ0v) is 10.6. The van der Waals surface area contributed by atoms with Crippen LogP contribution in [-0.2, 0) is 0 Å². The molecule has 1 aromatic rings. The molecule has 0 unspecified atom stereocenters. The van der Waals surface area contributed by atoms with E-state index in [1.54, 1.807) is 12.1 Å². The molecule has 1 saturated carbocycles. The average molecular weight is 247 g/mol. The van der Waals surface area contributed by atoms with E-state index >= 15 is 0 Å². The van der Waals surface area contributed by atoms with E-state index in [4.69, 9.17) is 0 Å². The molecule has 1 fully saturated rings. The average Bonchev–Trinajstić information content (AvgIpc) is 2.39. The molecule has 1 aromatic carbocycles. The van der Waals surface area contributed by atoms with E-state index in [9.17, 15) is 9.90 Å². The first-order chi connectivity index (χ1) is 8.77. The molecule has 3 heteroatoms. The van der Waals surface area contributed by atoms with E-state index in [1.807, 2.05) is 18.2 Å². The highest BCUT2D eigenvalue weighted by atomic mass is 16.3. The van der Waals surface area contributed by atoms with E-state index in [-0.39, 0.29) is 11.9 Å². The van der Waals surface area contributed by atoms with Crippen LogP contribution in [0.25, 0.3) is 0 Å². The van der Waals surface area contributed by atoms with Crippen molar-refractivity contribution in [1.82, 2.24) is 5.32 Å². The number of hydrogen-bond acceptors (Lipinski definition) is 2. The van der Waals surface area contributed by atoms with Crippen molar-refractivity contribution in [3.8, 4) is 0 Å². The molecule has 1 aliphatic rings. The molecule has 1 amide bonds. The summed E-state index contributed by atoms with van der Waals surface area (Å²) in [5.41, 5.74) is 0.659. The second kappa shape index (κ2) is 6.55. The molecule has 0 spiro atoms. The second-order valence-corrected chi connectivity index (χ2v) is 5.00. The topological polar surface area (TPSA) is 49.3 Å². The van der Waals surface area contributed by atoms with Gasteiger partial charge in [0.2, 0.25) is 0 Å². The Bertz CT molecular complexity index is 377. The van der Waals surface area contributed by atoms with Gasteiger partial charge in [0.15, 0.2) is 0 Å². The van der Waals surface area contributed by atoms with Crippen LogP contribution in [0.5, 0.6) is 0 Å². The van der Waals surface area contributed by atoms with Crippen molar-refractivity contribution in [2.24, 2.45) is 0 Å². The summed E-state index contributed by atoms with van der Waals surface area (Å²) in [4.78, 5) is 12.0. The van der Waals surface area contributed by atoms with Gasteiger partial charge in [-0.05, 0) is 25.0 Å². The highest BCUT2D eigenvalue weighted by Gasteiger charge is 2.22. The fraction of sp³-hybridized carbons (Fsp3) is 0.533. The Morgan fingerprint density at radius 1 is 1.06 bits per heavy atom. The lowest BCUT2D eigenvalue weighted by Crippen LogP contribution is -2.43. The van der Waals surface area contributed by atoms with Gasteiger partial charge in [-0.3, -0.25) is 4.79 Å². The number of aliphatic hydroxyl groups excluding tert-OH is 1. The minimum atomic E-state index is -0.405. The molecule has 0 radical (unpaired) electrons. The van der Waals surface area contributed by atoms with Gasteiger partial charge >= 0.3 is 0 Å². The molecule has 1 aliphatic carbocycles. The Balaban J connectivity index is 1.96. The van der Waals surface area contributed by atoms with Gasteiger partial charge in [0, 0.05) is 5.56 Å². The van der Waals surface area contributed by atoms with Crippen LogP contribution < -0.4 is 5.32 Å². The fourth-order valence-corrected chi connectivity index (χ4v) is 2.47. The van der Waals surface area contributed by atoms with Crippen molar-refractivity contribution in [2.45, 2.75) is 50.7 Å². The van der Waals surface area contributed by atoms with Gasteiger partial charge < -0.3 is 10.4 Å². The van der Waals surface area contributed by atoms with Crippen LogP contribution in [0.4, 0.5) is 0 Å². The Kier molecular flexibility index (Phi) is 4.76. The highest BCUT2D eigenvalue weighted by Crippen LogP contribution is 2.18. The SMILES string of the molecule is O=C(N[C@H]1CCCCCC[C@@H]1O)c1ccccc1. The van der Waals surface area contributed by atoms with Crippen molar-refractivity contribution in [3.05, 3.63) is 35.9 Å². The van der Waals surface area contributed by atoms with Crippen LogP contribution in [0.15, 0.2) is 30.3 Å². The number of amides is 1. The summed E-state index contributed by atoms with van der Waals surface area (Å²) in [6.45, 7) is 0. The van der Waals surface area contributed by atoms with Gasteiger partial charge in [-0.25, -0.2) is 0 Å². The summed E-state index contributed by atoms with van der Waals surface area (Å²) in [6.07, 6.45) is 5.79. The van der Waals surface area contributed by atoms with E-state index in [1.165, 1.54) is 12.8 Å². The highest BCUT2D eigenvalue weighted by molar-refractivity contribution is 5.94. The van der Waals surface area contributed by atoms with Crippen LogP contribution in [0.3, 0.4) is 0 Å². The molecule has 3 nitrogen and oxygen atoms in total. The number of nitrogens with one attached hydrogen (secondary N) is 1. The van der Waals surface area contributed by atoms with Gasteiger partial charge in [-0.15, -0.1) is 0 Å². The van der Waals surface area contributed by atoms with Gasteiger partial charge in [0.05, 0.1) is 12.1 Å². The number of aliphatic hydroxyl groups is 1. The maximum absolute atomic E-state index is 12.0. The summed E-state index contributed by atoms with van der Waals surface area (Å²) < 4.78 is 0. The molecule has 2 N–H and O–H groups in total. The van der Waals surface area contributed by atoms with Crippen molar-refractivity contribution >= 4 is 5.91 Å². The summed E-state index contributed by atoms with van der Waals surface area (Å²) >= 11 is 0. The second-order valence-electron chi connectivity index (χ2n) is 5.00. The molecule has 0 aromatic heterocycles. The number of carbonyl (C=O) groups is 1. The van der Waals surface area contributed by atoms with Crippen molar-refractivity contribution in [3.63, 3.8) is 0 Å².